The zero-order chi connectivity index (χ0) is 14.0. The second-order valence-corrected chi connectivity index (χ2v) is 6.00. The SMILES string of the molecule is CC(C)(C)OC(=O)Nc1cnn(C2CCCC2N)c1. The van der Waals surface area contributed by atoms with Crippen molar-refractivity contribution in [3.8, 4) is 0 Å². The predicted octanol–water partition coefficient (Wildman–Crippen LogP) is 2.28. The smallest absolute Gasteiger partial charge is 0.412 e. The third kappa shape index (κ3) is 3.70. The Morgan fingerprint density at radius 2 is 2.26 bits per heavy atom. The van der Waals surface area contributed by atoms with Gasteiger partial charge in [0.05, 0.1) is 17.9 Å². The summed E-state index contributed by atoms with van der Waals surface area (Å²) < 4.78 is 7.02. The fourth-order valence-corrected chi connectivity index (χ4v) is 2.30. The molecule has 1 saturated carbocycles. The maximum Gasteiger partial charge on any atom is 0.412 e. The minimum Gasteiger partial charge on any atom is -0.444 e. The molecule has 0 aliphatic heterocycles. The monoisotopic (exact) mass is 266 g/mol. The van der Waals surface area contributed by atoms with Crippen LogP contribution in [0.15, 0.2) is 12.4 Å². The van der Waals surface area contributed by atoms with Crippen molar-refractivity contribution in [3.63, 3.8) is 0 Å². The van der Waals surface area contributed by atoms with E-state index < -0.39 is 11.7 Å². The van der Waals surface area contributed by atoms with E-state index in [1.54, 1.807) is 12.4 Å². The van der Waals surface area contributed by atoms with Crippen LogP contribution >= 0.6 is 0 Å². The van der Waals surface area contributed by atoms with Crippen molar-refractivity contribution in [2.45, 2.75) is 57.7 Å². The lowest BCUT2D eigenvalue weighted by Gasteiger charge is -2.19. The van der Waals surface area contributed by atoms with Crippen molar-refractivity contribution in [2.75, 3.05) is 5.32 Å². The zero-order valence-corrected chi connectivity index (χ0v) is 11.7. The van der Waals surface area contributed by atoms with Gasteiger partial charge in [-0.05, 0) is 40.0 Å². The average molecular weight is 266 g/mol. The van der Waals surface area contributed by atoms with Crippen LogP contribution in [0.3, 0.4) is 0 Å². The Morgan fingerprint density at radius 3 is 2.84 bits per heavy atom. The lowest BCUT2D eigenvalue weighted by molar-refractivity contribution is 0.0636. The molecule has 0 spiro atoms. The summed E-state index contributed by atoms with van der Waals surface area (Å²) in [6, 6.07) is 0.378. The predicted molar refractivity (Wildman–Crippen MR) is 72.9 cm³/mol. The maximum absolute atomic E-state index is 11.6. The number of nitrogens with two attached hydrogens (primary N) is 1. The summed E-state index contributed by atoms with van der Waals surface area (Å²) in [6.07, 6.45) is 6.14. The molecule has 1 fully saturated rings. The van der Waals surface area contributed by atoms with Gasteiger partial charge in [-0.1, -0.05) is 0 Å². The van der Waals surface area contributed by atoms with E-state index in [4.69, 9.17) is 10.5 Å². The number of rotatable bonds is 2. The first kappa shape index (κ1) is 13.9. The van der Waals surface area contributed by atoms with E-state index in [0.717, 1.165) is 19.3 Å². The fourth-order valence-electron chi connectivity index (χ4n) is 2.30. The normalized spacial score (nSPS) is 23.4. The van der Waals surface area contributed by atoms with Crippen molar-refractivity contribution >= 4 is 11.8 Å². The van der Waals surface area contributed by atoms with E-state index in [-0.39, 0.29) is 12.1 Å². The number of ether oxygens (including phenoxy) is 1. The van der Waals surface area contributed by atoms with Crippen molar-refractivity contribution < 1.29 is 9.53 Å². The van der Waals surface area contributed by atoms with Crippen LogP contribution in [-0.4, -0.2) is 27.5 Å². The molecule has 0 radical (unpaired) electrons. The molecule has 1 aliphatic rings. The molecule has 1 aliphatic carbocycles. The van der Waals surface area contributed by atoms with Crippen LogP contribution in [0.2, 0.25) is 0 Å². The first-order chi connectivity index (χ1) is 8.85. The molecule has 1 amide bonds. The highest BCUT2D eigenvalue weighted by Crippen LogP contribution is 2.28. The number of nitrogens with zero attached hydrogens (tertiary/aromatic N) is 2. The second-order valence-electron chi connectivity index (χ2n) is 6.00. The summed E-state index contributed by atoms with van der Waals surface area (Å²) in [7, 11) is 0. The van der Waals surface area contributed by atoms with Crippen LogP contribution in [-0.2, 0) is 4.74 Å². The number of carbonyl (C=O) groups is 1. The molecule has 0 saturated heterocycles. The topological polar surface area (TPSA) is 82.2 Å². The zero-order valence-electron chi connectivity index (χ0n) is 11.7. The molecule has 6 nitrogen and oxygen atoms in total. The highest BCUT2D eigenvalue weighted by atomic mass is 16.6. The van der Waals surface area contributed by atoms with Crippen LogP contribution in [0.5, 0.6) is 0 Å². The molecule has 3 N–H and O–H groups in total. The second kappa shape index (κ2) is 5.21. The van der Waals surface area contributed by atoms with Gasteiger partial charge in [0, 0.05) is 12.2 Å². The number of carbonyl (C=O) groups excluding carboxylic acids is 1. The molecule has 0 aromatic carbocycles. The van der Waals surface area contributed by atoms with Crippen molar-refractivity contribution in [1.82, 2.24) is 9.78 Å². The highest BCUT2D eigenvalue weighted by Gasteiger charge is 2.26. The molecule has 2 unspecified atom stereocenters. The molecule has 1 aromatic heterocycles. The largest absolute Gasteiger partial charge is 0.444 e. The molecular weight excluding hydrogens is 244 g/mol. The van der Waals surface area contributed by atoms with E-state index in [1.165, 1.54) is 0 Å². The highest BCUT2D eigenvalue weighted by molar-refractivity contribution is 5.84. The Hall–Kier alpha value is -1.56. The van der Waals surface area contributed by atoms with E-state index in [0.29, 0.717) is 5.69 Å². The summed E-state index contributed by atoms with van der Waals surface area (Å²) in [5.41, 5.74) is 6.16. The lowest BCUT2D eigenvalue weighted by atomic mass is 10.2. The van der Waals surface area contributed by atoms with Gasteiger partial charge in [0.1, 0.15) is 5.60 Å². The number of nitrogens with one attached hydrogen (secondary N) is 1. The number of amides is 1. The van der Waals surface area contributed by atoms with Gasteiger partial charge in [-0.25, -0.2) is 4.79 Å². The quantitative estimate of drug-likeness (QED) is 0.860. The molecule has 1 aromatic rings. The maximum atomic E-state index is 11.6. The van der Waals surface area contributed by atoms with Crippen molar-refractivity contribution in [2.24, 2.45) is 5.73 Å². The molecule has 2 atom stereocenters. The standard InChI is InChI=1S/C13H22N4O2/c1-13(2,3)19-12(18)16-9-7-15-17(8-9)11-6-4-5-10(11)14/h7-8,10-11H,4-6,14H2,1-3H3,(H,16,18). The molecule has 106 valence electrons. The van der Waals surface area contributed by atoms with Crippen LogP contribution in [0.1, 0.15) is 46.1 Å². The third-order valence-electron chi connectivity index (χ3n) is 3.12. The third-order valence-corrected chi connectivity index (χ3v) is 3.12. The Kier molecular flexibility index (Phi) is 3.80. The van der Waals surface area contributed by atoms with E-state index in [2.05, 4.69) is 10.4 Å². The van der Waals surface area contributed by atoms with Gasteiger partial charge in [-0.3, -0.25) is 10.00 Å². The first-order valence-corrected chi connectivity index (χ1v) is 6.65. The van der Waals surface area contributed by atoms with Crippen LogP contribution in [0.4, 0.5) is 10.5 Å². The Morgan fingerprint density at radius 1 is 1.53 bits per heavy atom. The summed E-state index contributed by atoms with van der Waals surface area (Å²) in [4.78, 5) is 11.6. The van der Waals surface area contributed by atoms with Crippen LogP contribution < -0.4 is 11.1 Å². The Labute approximate surface area is 113 Å². The van der Waals surface area contributed by atoms with Gasteiger partial charge in [-0.2, -0.15) is 5.10 Å². The number of hydrogen-bond acceptors (Lipinski definition) is 4. The summed E-state index contributed by atoms with van der Waals surface area (Å²) in [5.74, 6) is 0. The summed E-state index contributed by atoms with van der Waals surface area (Å²) in [5, 5.41) is 6.94. The number of hydrogen-bond donors (Lipinski definition) is 2. The average Bonchev–Trinajstić information content (AvgIpc) is 2.83. The molecule has 6 heteroatoms. The molecule has 1 heterocycles. The van der Waals surface area contributed by atoms with E-state index in [9.17, 15) is 4.79 Å². The van der Waals surface area contributed by atoms with Gasteiger partial charge >= 0.3 is 6.09 Å². The van der Waals surface area contributed by atoms with E-state index in [1.807, 2.05) is 25.5 Å². The van der Waals surface area contributed by atoms with Crippen LogP contribution in [0, 0.1) is 0 Å². The summed E-state index contributed by atoms with van der Waals surface area (Å²) >= 11 is 0. The van der Waals surface area contributed by atoms with Gasteiger partial charge in [-0.15, -0.1) is 0 Å². The van der Waals surface area contributed by atoms with E-state index >= 15 is 0 Å². The van der Waals surface area contributed by atoms with Crippen LogP contribution in [0.25, 0.3) is 0 Å². The first-order valence-electron chi connectivity index (χ1n) is 6.65. The lowest BCUT2D eigenvalue weighted by Crippen LogP contribution is -2.28. The number of anilines is 1. The molecule has 0 bridgehead atoms. The minimum atomic E-state index is -0.506. The van der Waals surface area contributed by atoms with Gasteiger partial charge in [0.2, 0.25) is 0 Å². The van der Waals surface area contributed by atoms with Crippen molar-refractivity contribution in [3.05, 3.63) is 12.4 Å². The fraction of sp³-hybridized carbons (Fsp3) is 0.692. The summed E-state index contributed by atoms with van der Waals surface area (Å²) in [6.45, 7) is 5.48. The molecule has 19 heavy (non-hydrogen) atoms. The van der Waals surface area contributed by atoms with Gasteiger partial charge in [0.25, 0.3) is 0 Å². The molecular formula is C13H22N4O2. The Balaban J connectivity index is 1.96. The molecule has 2 rings (SSSR count). The van der Waals surface area contributed by atoms with Crippen molar-refractivity contribution in [1.29, 1.82) is 0 Å². The number of aromatic nitrogens is 2. The minimum absolute atomic E-state index is 0.147. The Bertz CT molecular complexity index is 450. The van der Waals surface area contributed by atoms with Gasteiger partial charge < -0.3 is 10.5 Å². The van der Waals surface area contributed by atoms with Gasteiger partial charge in [0.15, 0.2) is 0 Å².